The van der Waals surface area contributed by atoms with Crippen molar-refractivity contribution < 1.29 is 14.7 Å². The van der Waals surface area contributed by atoms with Crippen LogP contribution in [0.4, 0.5) is 10.6 Å². The van der Waals surface area contributed by atoms with Crippen molar-refractivity contribution in [3.63, 3.8) is 0 Å². The number of amides is 2. The Balaban J connectivity index is 1.80. The Labute approximate surface area is 152 Å². The van der Waals surface area contributed by atoms with Crippen molar-refractivity contribution in [1.82, 2.24) is 19.9 Å². The minimum atomic E-state index is -0.930. The molecule has 2 aliphatic rings. The van der Waals surface area contributed by atoms with Crippen LogP contribution in [-0.4, -0.2) is 53.2 Å². The van der Waals surface area contributed by atoms with Crippen LogP contribution in [0.25, 0.3) is 0 Å². The second-order valence-corrected chi connectivity index (χ2v) is 7.27. The first-order valence-corrected chi connectivity index (χ1v) is 9.17. The fourth-order valence-corrected chi connectivity index (χ4v) is 3.80. The lowest BCUT2D eigenvalue weighted by atomic mass is 9.89. The van der Waals surface area contributed by atoms with Crippen LogP contribution in [0, 0.1) is 5.92 Å². The normalized spacial score (nSPS) is 20.9. The van der Waals surface area contributed by atoms with Gasteiger partial charge in [0.05, 0.1) is 24.3 Å². The van der Waals surface area contributed by atoms with Gasteiger partial charge in [0.15, 0.2) is 0 Å². The molecule has 8 heteroatoms. The van der Waals surface area contributed by atoms with Crippen LogP contribution in [-0.2, 0) is 4.79 Å². The standard InChI is InChI=1S/C17H23ClN4O3/c18-14-6-7-15(19-12-14)22(10-8-21(9-11-22)17(24)25)20-16(23)13-4-2-1-3-5-13/h6-7,12-13H,1-5,8-11H2,(H-,20,23,24,25)/p+1. The fraction of sp³-hybridized carbons (Fsp3) is 0.588. The fourth-order valence-electron chi connectivity index (χ4n) is 3.68. The Morgan fingerprint density at radius 3 is 2.44 bits per heavy atom. The van der Waals surface area contributed by atoms with Crippen molar-refractivity contribution in [1.29, 1.82) is 0 Å². The molecular weight excluding hydrogens is 344 g/mol. The van der Waals surface area contributed by atoms with Crippen LogP contribution in [0.3, 0.4) is 0 Å². The third-order valence-corrected chi connectivity index (χ3v) is 5.45. The Kier molecular flexibility index (Phi) is 5.44. The number of rotatable bonds is 3. The zero-order chi connectivity index (χ0) is 17.9. The van der Waals surface area contributed by atoms with Crippen LogP contribution in [0.15, 0.2) is 18.3 Å². The van der Waals surface area contributed by atoms with Gasteiger partial charge in [-0.05, 0) is 18.9 Å². The van der Waals surface area contributed by atoms with E-state index in [1.54, 1.807) is 18.3 Å². The molecule has 1 saturated carbocycles. The molecular formula is C17H24ClN4O3+. The monoisotopic (exact) mass is 367 g/mol. The van der Waals surface area contributed by atoms with Gasteiger partial charge in [0.1, 0.15) is 13.1 Å². The van der Waals surface area contributed by atoms with E-state index in [4.69, 9.17) is 11.6 Å². The highest BCUT2D eigenvalue weighted by Crippen LogP contribution is 2.27. The molecule has 1 aromatic rings. The number of halogens is 1. The van der Waals surface area contributed by atoms with Crippen LogP contribution in [0.1, 0.15) is 32.1 Å². The lowest BCUT2D eigenvalue weighted by Gasteiger charge is -2.42. The molecule has 3 rings (SSSR count). The molecule has 7 nitrogen and oxygen atoms in total. The van der Waals surface area contributed by atoms with E-state index in [2.05, 4.69) is 10.4 Å². The maximum Gasteiger partial charge on any atom is 0.407 e. The molecule has 1 aromatic heterocycles. The molecule has 2 fully saturated rings. The van der Waals surface area contributed by atoms with Gasteiger partial charge in [-0.15, -0.1) is 0 Å². The molecule has 0 aromatic carbocycles. The predicted octanol–water partition coefficient (Wildman–Crippen LogP) is 2.65. The van der Waals surface area contributed by atoms with E-state index in [1.165, 1.54) is 11.3 Å². The second-order valence-electron chi connectivity index (χ2n) is 6.83. The summed E-state index contributed by atoms with van der Waals surface area (Å²) in [6.07, 6.45) is 5.83. The first-order valence-electron chi connectivity index (χ1n) is 8.79. The summed E-state index contributed by atoms with van der Waals surface area (Å²) in [5.74, 6) is 0.771. The second kappa shape index (κ2) is 7.58. The molecule has 0 bridgehead atoms. The summed E-state index contributed by atoms with van der Waals surface area (Å²) >= 11 is 5.95. The summed E-state index contributed by atoms with van der Waals surface area (Å²) in [5, 5.41) is 9.73. The average molecular weight is 368 g/mol. The number of piperazine rings is 1. The molecule has 1 aliphatic heterocycles. The highest BCUT2D eigenvalue weighted by atomic mass is 35.5. The van der Waals surface area contributed by atoms with Crippen molar-refractivity contribution in [2.75, 3.05) is 26.2 Å². The van der Waals surface area contributed by atoms with Crippen LogP contribution < -0.4 is 10.0 Å². The summed E-state index contributed by atoms with van der Waals surface area (Å²) in [5.41, 5.74) is 3.17. The SMILES string of the molecule is O=C(N[N+]1(c2ccc(Cl)cn2)CCN(C(=O)O)CC1)C1CCCCC1. The van der Waals surface area contributed by atoms with E-state index in [1.807, 2.05) is 0 Å². The minimum Gasteiger partial charge on any atom is -0.465 e. The molecule has 136 valence electrons. The zero-order valence-electron chi connectivity index (χ0n) is 14.2. The van der Waals surface area contributed by atoms with E-state index >= 15 is 0 Å². The number of carboxylic acid groups (broad SMARTS) is 1. The first kappa shape index (κ1) is 17.9. The van der Waals surface area contributed by atoms with Crippen molar-refractivity contribution >= 4 is 29.4 Å². The summed E-state index contributed by atoms with van der Waals surface area (Å²) in [6, 6.07) is 3.56. The number of hydrogen-bond acceptors (Lipinski definition) is 3. The molecule has 2 N–H and O–H groups in total. The summed E-state index contributed by atoms with van der Waals surface area (Å²) in [6.45, 7) is 1.62. The number of hydrogen-bond donors (Lipinski definition) is 2. The average Bonchev–Trinajstić information content (AvgIpc) is 2.63. The smallest absolute Gasteiger partial charge is 0.407 e. The molecule has 2 amide bonds. The Hall–Kier alpha value is -1.86. The van der Waals surface area contributed by atoms with Crippen molar-refractivity contribution in [2.45, 2.75) is 32.1 Å². The predicted molar refractivity (Wildman–Crippen MR) is 95.1 cm³/mol. The molecule has 0 atom stereocenters. The van der Waals surface area contributed by atoms with E-state index in [0.29, 0.717) is 37.0 Å². The molecule has 25 heavy (non-hydrogen) atoms. The Morgan fingerprint density at radius 2 is 1.88 bits per heavy atom. The number of nitrogens with one attached hydrogen (secondary N) is 1. The van der Waals surface area contributed by atoms with Gasteiger partial charge in [0, 0.05) is 12.0 Å². The van der Waals surface area contributed by atoms with Crippen molar-refractivity contribution in [2.24, 2.45) is 5.92 Å². The Bertz CT molecular complexity index is 623. The lowest BCUT2D eigenvalue weighted by Crippen LogP contribution is -2.70. The van der Waals surface area contributed by atoms with Crippen LogP contribution in [0.2, 0.25) is 5.02 Å². The maximum atomic E-state index is 12.8. The summed E-state index contributed by atoms with van der Waals surface area (Å²) < 4.78 is 0.177. The quantitative estimate of drug-likeness (QED) is 0.804. The van der Waals surface area contributed by atoms with Gasteiger partial charge in [0.25, 0.3) is 11.7 Å². The van der Waals surface area contributed by atoms with Crippen molar-refractivity contribution in [3.8, 4) is 0 Å². The molecule has 1 aliphatic carbocycles. The van der Waals surface area contributed by atoms with Gasteiger partial charge < -0.3 is 5.11 Å². The van der Waals surface area contributed by atoms with Gasteiger partial charge in [-0.25, -0.2) is 9.78 Å². The minimum absolute atomic E-state index is 0.0357. The molecule has 1 saturated heterocycles. The van der Waals surface area contributed by atoms with Crippen LogP contribution in [0.5, 0.6) is 0 Å². The summed E-state index contributed by atoms with van der Waals surface area (Å²) in [7, 11) is 0. The van der Waals surface area contributed by atoms with Gasteiger partial charge in [-0.3, -0.25) is 9.69 Å². The van der Waals surface area contributed by atoms with Gasteiger partial charge >= 0.3 is 6.09 Å². The zero-order valence-corrected chi connectivity index (χ0v) is 14.9. The highest BCUT2D eigenvalue weighted by Gasteiger charge is 2.41. The Morgan fingerprint density at radius 1 is 1.20 bits per heavy atom. The number of quaternary nitrogens is 1. The number of aromatic nitrogens is 1. The summed E-state index contributed by atoms with van der Waals surface area (Å²) in [4.78, 5) is 29.8. The third kappa shape index (κ3) is 4.04. The number of nitrogens with zero attached hydrogens (tertiary/aromatic N) is 3. The topological polar surface area (TPSA) is 82.5 Å². The largest absolute Gasteiger partial charge is 0.465 e. The number of carbonyl (C=O) groups is 2. The number of carbonyl (C=O) groups excluding carboxylic acids is 1. The number of pyridine rings is 1. The van der Waals surface area contributed by atoms with Gasteiger partial charge in [-0.1, -0.05) is 30.9 Å². The molecule has 0 unspecified atom stereocenters. The van der Waals surface area contributed by atoms with Gasteiger partial charge in [-0.2, -0.15) is 10.0 Å². The van der Waals surface area contributed by atoms with Crippen LogP contribution >= 0.6 is 11.6 Å². The third-order valence-electron chi connectivity index (χ3n) is 5.22. The molecule has 0 spiro atoms. The van der Waals surface area contributed by atoms with Gasteiger partial charge in [0.2, 0.25) is 0 Å². The van der Waals surface area contributed by atoms with E-state index in [0.717, 1.165) is 25.7 Å². The molecule has 2 heterocycles. The lowest BCUT2D eigenvalue weighted by molar-refractivity contribution is -0.131. The molecule has 0 radical (unpaired) electrons. The maximum absolute atomic E-state index is 12.8. The van der Waals surface area contributed by atoms with E-state index in [9.17, 15) is 14.7 Å². The van der Waals surface area contributed by atoms with E-state index < -0.39 is 6.09 Å². The first-order chi connectivity index (χ1) is 12.0. The van der Waals surface area contributed by atoms with Crippen molar-refractivity contribution in [3.05, 3.63) is 23.4 Å². The van der Waals surface area contributed by atoms with E-state index in [-0.39, 0.29) is 16.4 Å². The highest BCUT2D eigenvalue weighted by molar-refractivity contribution is 6.30.